The van der Waals surface area contributed by atoms with Crippen molar-refractivity contribution in [3.63, 3.8) is 0 Å². The summed E-state index contributed by atoms with van der Waals surface area (Å²) in [5.74, 6) is 0. The molecule has 0 aromatic carbocycles. The third kappa shape index (κ3) is 3.68. The SMILES string of the molecule is CC(C)(C)C(Cn1ccnc1)NCc1cccs1. The average Bonchev–Trinajstić information content (AvgIpc) is 2.95. The minimum atomic E-state index is 0.224. The van der Waals surface area contributed by atoms with Crippen LogP contribution in [0, 0.1) is 5.41 Å². The van der Waals surface area contributed by atoms with Crippen LogP contribution in [0.2, 0.25) is 0 Å². The number of nitrogens with one attached hydrogen (secondary N) is 1. The molecule has 0 bridgehead atoms. The van der Waals surface area contributed by atoms with E-state index in [0.717, 1.165) is 13.1 Å². The number of hydrogen-bond acceptors (Lipinski definition) is 3. The number of aromatic nitrogens is 2. The van der Waals surface area contributed by atoms with E-state index in [1.54, 1.807) is 11.3 Å². The van der Waals surface area contributed by atoms with Crippen LogP contribution in [-0.2, 0) is 13.1 Å². The molecule has 1 unspecified atom stereocenters. The molecule has 0 spiro atoms. The summed E-state index contributed by atoms with van der Waals surface area (Å²) in [5, 5.41) is 5.79. The molecule has 0 aliphatic rings. The zero-order chi connectivity index (χ0) is 13.0. The predicted octanol–water partition coefficient (Wildman–Crippen LogP) is 3.15. The number of hydrogen-bond donors (Lipinski definition) is 1. The molecular weight excluding hydrogens is 242 g/mol. The van der Waals surface area contributed by atoms with E-state index < -0.39 is 0 Å². The molecule has 98 valence electrons. The van der Waals surface area contributed by atoms with E-state index in [-0.39, 0.29) is 5.41 Å². The van der Waals surface area contributed by atoms with E-state index in [1.165, 1.54) is 4.88 Å². The van der Waals surface area contributed by atoms with Crippen LogP contribution in [-0.4, -0.2) is 15.6 Å². The second kappa shape index (κ2) is 5.67. The van der Waals surface area contributed by atoms with Gasteiger partial charge in [0.1, 0.15) is 0 Å². The average molecular weight is 263 g/mol. The molecule has 0 aliphatic heterocycles. The van der Waals surface area contributed by atoms with E-state index >= 15 is 0 Å². The first-order valence-electron chi connectivity index (χ1n) is 6.27. The number of imidazole rings is 1. The summed E-state index contributed by atoms with van der Waals surface area (Å²) in [4.78, 5) is 5.49. The van der Waals surface area contributed by atoms with E-state index in [4.69, 9.17) is 0 Å². The van der Waals surface area contributed by atoms with Gasteiger partial charge in [-0.2, -0.15) is 0 Å². The summed E-state index contributed by atoms with van der Waals surface area (Å²) in [5.41, 5.74) is 0.224. The highest BCUT2D eigenvalue weighted by molar-refractivity contribution is 7.09. The largest absolute Gasteiger partial charge is 0.336 e. The molecule has 1 atom stereocenters. The van der Waals surface area contributed by atoms with Gasteiger partial charge in [0.15, 0.2) is 0 Å². The molecular formula is C14H21N3S. The molecule has 0 radical (unpaired) electrons. The van der Waals surface area contributed by atoms with Crippen LogP contribution in [0.25, 0.3) is 0 Å². The van der Waals surface area contributed by atoms with Gasteiger partial charge in [-0.05, 0) is 16.9 Å². The molecule has 2 heterocycles. The summed E-state index contributed by atoms with van der Waals surface area (Å²) in [6.45, 7) is 8.71. The first kappa shape index (κ1) is 13.3. The molecule has 0 fully saturated rings. The van der Waals surface area contributed by atoms with Gasteiger partial charge in [0.05, 0.1) is 6.33 Å². The van der Waals surface area contributed by atoms with Crippen molar-refractivity contribution < 1.29 is 0 Å². The summed E-state index contributed by atoms with van der Waals surface area (Å²) in [6, 6.07) is 4.70. The van der Waals surface area contributed by atoms with Crippen LogP contribution in [0.1, 0.15) is 25.6 Å². The molecule has 0 aliphatic carbocycles. The summed E-state index contributed by atoms with van der Waals surface area (Å²) < 4.78 is 2.14. The summed E-state index contributed by atoms with van der Waals surface area (Å²) >= 11 is 1.80. The van der Waals surface area contributed by atoms with Crippen molar-refractivity contribution in [3.8, 4) is 0 Å². The van der Waals surface area contributed by atoms with Crippen molar-refractivity contribution in [1.82, 2.24) is 14.9 Å². The highest BCUT2D eigenvalue weighted by atomic mass is 32.1. The van der Waals surface area contributed by atoms with Gasteiger partial charge in [-0.15, -0.1) is 11.3 Å². The maximum Gasteiger partial charge on any atom is 0.0946 e. The van der Waals surface area contributed by atoms with Crippen molar-refractivity contribution in [2.75, 3.05) is 0 Å². The fraction of sp³-hybridized carbons (Fsp3) is 0.500. The van der Waals surface area contributed by atoms with Gasteiger partial charge in [-0.25, -0.2) is 4.98 Å². The molecule has 0 amide bonds. The summed E-state index contributed by atoms with van der Waals surface area (Å²) in [6.07, 6.45) is 5.73. The molecule has 2 aromatic heterocycles. The van der Waals surface area contributed by atoms with Crippen LogP contribution >= 0.6 is 11.3 Å². The third-order valence-electron chi connectivity index (χ3n) is 3.10. The first-order valence-corrected chi connectivity index (χ1v) is 7.15. The smallest absolute Gasteiger partial charge is 0.0946 e. The molecule has 4 heteroatoms. The van der Waals surface area contributed by atoms with Crippen LogP contribution in [0.5, 0.6) is 0 Å². The minimum absolute atomic E-state index is 0.224. The van der Waals surface area contributed by atoms with E-state index in [0.29, 0.717) is 6.04 Å². The Morgan fingerprint density at radius 1 is 1.44 bits per heavy atom. The van der Waals surface area contributed by atoms with Crippen LogP contribution < -0.4 is 5.32 Å². The monoisotopic (exact) mass is 263 g/mol. The lowest BCUT2D eigenvalue weighted by Crippen LogP contribution is -2.42. The Morgan fingerprint density at radius 3 is 2.83 bits per heavy atom. The van der Waals surface area contributed by atoms with Crippen molar-refractivity contribution in [1.29, 1.82) is 0 Å². The lowest BCUT2D eigenvalue weighted by Gasteiger charge is -2.32. The topological polar surface area (TPSA) is 29.9 Å². The zero-order valence-corrected chi connectivity index (χ0v) is 12.1. The molecule has 0 saturated heterocycles. The van der Waals surface area contributed by atoms with E-state index in [2.05, 4.69) is 53.2 Å². The quantitative estimate of drug-likeness (QED) is 0.898. The van der Waals surface area contributed by atoms with Gasteiger partial charge in [0, 0.05) is 36.4 Å². The van der Waals surface area contributed by atoms with E-state index in [9.17, 15) is 0 Å². The fourth-order valence-corrected chi connectivity index (χ4v) is 2.54. The molecule has 3 nitrogen and oxygen atoms in total. The fourth-order valence-electron chi connectivity index (χ4n) is 1.89. The molecule has 2 rings (SSSR count). The summed E-state index contributed by atoms with van der Waals surface area (Å²) in [7, 11) is 0. The molecule has 18 heavy (non-hydrogen) atoms. The third-order valence-corrected chi connectivity index (χ3v) is 3.98. The van der Waals surface area contributed by atoms with Crippen LogP contribution in [0.4, 0.5) is 0 Å². The maximum absolute atomic E-state index is 4.10. The lowest BCUT2D eigenvalue weighted by atomic mass is 9.86. The maximum atomic E-state index is 4.10. The van der Waals surface area contributed by atoms with Crippen LogP contribution in [0.15, 0.2) is 36.2 Å². The Morgan fingerprint density at radius 2 is 2.28 bits per heavy atom. The van der Waals surface area contributed by atoms with Crippen LogP contribution in [0.3, 0.4) is 0 Å². The first-order chi connectivity index (χ1) is 8.55. The second-order valence-corrected chi connectivity index (χ2v) is 6.67. The Hall–Kier alpha value is -1.13. The Balaban J connectivity index is 1.97. The van der Waals surface area contributed by atoms with Gasteiger partial charge in [0.2, 0.25) is 0 Å². The second-order valence-electron chi connectivity index (χ2n) is 5.64. The van der Waals surface area contributed by atoms with Crippen molar-refractivity contribution in [3.05, 3.63) is 41.1 Å². The molecule has 0 saturated carbocycles. The molecule has 1 N–H and O–H groups in total. The molecule has 2 aromatic rings. The highest BCUT2D eigenvalue weighted by Gasteiger charge is 2.24. The number of thiophene rings is 1. The van der Waals surface area contributed by atoms with Gasteiger partial charge in [0.25, 0.3) is 0 Å². The van der Waals surface area contributed by atoms with Gasteiger partial charge in [-0.1, -0.05) is 26.8 Å². The lowest BCUT2D eigenvalue weighted by molar-refractivity contribution is 0.240. The van der Waals surface area contributed by atoms with Crippen molar-refractivity contribution in [2.45, 2.75) is 39.9 Å². The van der Waals surface area contributed by atoms with Gasteiger partial charge >= 0.3 is 0 Å². The van der Waals surface area contributed by atoms with Crippen molar-refractivity contribution >= 4 is 11.3 Å². The minimum Gasteiger partial charge on any atom is -0.336 e. The normalized spacial score (nSPS) is 13.7. The number of nitrogens with zero attached hydrogens (tertiary/aromatic N) is 2. The van der Waals surface area contributed by atoms with E-state index in [1.807, 2.05) is 18.7 Å². The van der Waals surface area contributed by atoms with Gasteiger partial charge in [-0.3, -0.25) is 0 Å². The standard InChI is InChI=1S/C14H21N3S/c1-14(2,3)13(10-17-7-6-15-11-17)16-9-12-5-4-8-18-12/h4-8,11,13,16H,9-10H2,1-3H3. The number of rotatable bonds is 5. The van der Waals surface area contributed by atoms with Crippen molar-refractivity contribution in [2.24, 2.45) is 5.41 Å². The zero-order valence-electron chi connectivity index (χ0n) is 11.3. The Kier molecular flexibility index (Phi) is 4.19. The Bertz CT molecular complexity index is 440. The Labute approximate surface area is 113 Å². The predicted molar refractivity (Wildman–Crippen MR) is 76.6 cm³/mol. The highest BCUT2D eigenvalue weighted by Crippen LogP contribution is 2.21. The van der Waals surface area contributed by atoms with Gasteiger partial charge < -0.3 is 9.88 Å².